The van der Waals surface area contributed by atoms with E-state index in [1.807, 2.05) is 21.2 Å². The Morgan fingerprint density at radius 3 is 3.00 bits per heavy atom. The SMILES string of the molecule is C#CCOC[C@@H](O)CN(CC(=O)N1CCc2sccc2[C@H]1COc1cccc(F)c1)CC1CC1. The van der Waals surface area contributed by atoms with Gasteiger partial charge in [-0.2, -0.15) is 0 Å². The van der Waals surface area contributed by atoms with Crippen LogP contribution in [-0.4, -0.2) is 72.9 Å². The van der Waals surface area contributed by atoms with Gasteiger partial charge in [0, 0.05) is 30.6 Å². The summed E-state index contributed by atoms with van der Waals surface area (Å²) >= 11 is 1.69. The molecule has 6 nitrogen and oxygen atoms in total. The van der Waals surface area contributed by atoms with Crippen LogP contribution in [0.1, 0.15) is 29.3 Å². The van der Waals surface area contributed by atoms with Gasteiger partial charge in [0.1, 0.15) is 24.8 Å². The van der Waals surface area contributed by atoms with E-state index < -0.39 is 6.10 Å². The molecule has 0 saturated heterocycles. The van der Waals surface area contributed by atoms with Crippen LogP contribution in [0.2, 0.25) is 0 Å². The lowest BCUT2D eigenvalue weighted by molar-refractivity contribution is -0.136. The zero-order valence-electron chi connectivity index (χ0n) is 19.2. The molecule has 8 heteroatoms. The molecule has 1 aliphatic carbocycles. The first-order valence-corrected chi connectivity index (χ1v) is 12.6. The average molecular weight is 487 g/mol. The number of terminal acetylenes is 1. The maximum Gasteiger partial charge on any atom is 0.237 e. The molecule has 4 rings (SSSR count). The van der Waals surface area contributed by atoms with Crippen molar-refractivity contribution in [1.82, 2.24) is 9.80 Å². The third-order valence-electron chi connectivity index (χ3n) is 6.16. The molecular weight excluding hydrogens is 455 g/mol. The molecular formula is C26H31FN2O4S. The summed E-state index contributed by atoms with van der Waals surface area (Å²) in [5, 5.41) is 12.4. The molecule has 1 aromatic carbocycles. The molecule has 1 N–H and O–H groups in total. The highest BCUT2D eigenvalue weighted by molar-refractivity contribution is 7.10. The molecule has 2 atom stereocenters. The monoisotopic (exact) mass is 486 g/mol. The number of nitrogens with zero attached hydrogens (tertiary/aromatic N) is 2. The number of fused-ring (bicyclic) bond motifs is 1. The number of carbonyl (C=O) groups excluding carboxylic acids is 1. The Kier molecular flexibility index (Phi) is 8.57. The summed E-state index contributed by atoms with van der Waals surface area (Å²) in [6, 6.07) is 7.86. The van der Waals surface area contributed by atoms with Gasteiger partial charge in [-0.1, -0.05) is 12.0 Å². The van der Waals surface area contributed by atoms with Gasteiger partial charge in [-0.15, -0.1) is 17.8 Å². The number of benzene rings is 1. The largest absolute Gasteiger partial charge is 0.491 e. The van der Waals surface area contributed by atoms with Crippen LogP contribution >= 0.6 is 11.3 Å². The normalized spacial score (nSPS) is 18.4. The number of ether oxygens (including phenoxy) is 2. The van der Waals surface area contributed by atoms with Crippen LogP contribution in [0.4, 0.5) is 4.39 Å². The zero-order chi connectivity index (χ0) is 23.9. The molecule has 2 heterocycles. The third-order valence-corrected chi connectivity index (χ3v) is 7.15. The van der Waals surface area contributed by atoms with Crippen molar-refractivity contribution in [3.05, 3.63) is 52.0 Å². The molecule has 1 saturated carbocycles. The van der Waals surface area contributed by atoms with Crippen LogP contribution in [0.25, 0.3) is 0 Å². The molecule has 2 aromatic rings. The van der Waals surface area contributed by atoms with Gasteiger partial charge in [-0.3, -0.25) is 9.69 Å². The first kappa shape index (κ1) is 24.7. The van der Waals surface area contributed by atoms with Crippen molar-refractivity contribution in [1.29, 1.82) is 0 Å². The summed E-state index contributed by atoms with van der Waals surface area (Å²) in [6.07, 6.45) is 7.60. The second-order valence-corrected chi connectivity index (χ2v) is 9.93. The minimum atomic E-state index is -0.711. The molecule has 0 unspecified atom stereocenters. The highest BCUT2D eigenvalue weighted by Gasteiger charge is 2.34. The summed E-state index contributed by atoms with van der Waals surface area (Å²) in [5.74, 6) is 3.06. The van der Waals surface area contributed by atoms with E-state index in [0.29, 0.717) is 24.8 Å². The Bertz CT molecular complexity index is 1000. The lowest BCUT2D eigenvalue weighted by Gasteiger charge is -2.37. The number of halogens is 1. The molecule has 0 spiro atoms. The maximum atomic E-state index is 13.6. The van der Waals surface area contributed by atoms with Gasteiger partial charge in [0.25, 0.3) is 0 Å². The molecule has 182 valence electrons. The summed E-state index contributed by atoms with van der Waals surface area (Å²) in [6.45, 7) is 2.51. The van der Waals surface area contributed by atoms with Gasteiger partial charge < -0.3 is 19.5 Å². The molecule has 0 radical (unpaired) electrons. The molecule has 2 aliphatic rings. The fraction of sp³-hybridized carbons (Fsp3) is 0.500. The van der Waals surface area contributed by atoms with E-state index in [1.54, 1.807) is 23.5 Å². The lowest BCUT2D eigenvalue weighted by Crippen LogP contribution is -2.48. The van der Waals surface area contributed by atoms with Gasteiger partial charge in [0.2, 0.25) is 5.91 Å². The minimum absolute atomic E-state index is 0.00193. The van der Waals surface area contributed by atoms with Gasteiger partial charge in [0.05, 0.1) is 25.3 Å². The second kappa shape index (κ2) is 11.8. The van der Waals surface area contributed by atoms with Crippen molar-refractivity contribution in [2.45, 2.75) is 31.4 Å². The number of thiophene rings is 1. The van der Waals surface area contributed by atoms with Gasteiger partial charge in [-0.05, 0) is 54.3 Å². The van der Waals surface area contributed by atoms with E-state index in [9.17, 15) is 14.3 Å². The predicted octanol–water partition coefficient (Wildman–Crippen LogP) is 3.11. The lowest BCUT2D eigenvalue weighted by atomic mass is 10.0. The third kappa shape index (κ3) is 6.80. The number of aliphatic hydroxyl groups is 1. The van der Waals surface area contributed by atoms with Crippen molar-refractivity contribution in [3.63, 3.8) is 0 Å². The zero-order valence-corrected chi connectivity index (χ0v) is 20.0. The molecule has 34 heavy (non-hydrogen) atoms. The number of hydrogen-bond donors (Lipinski definition) is 1. The highest BCUT2D eigenvalue weighted by Crippen LogP contribution is 2.34. The maximum absolute atomic E-state index is 13.6. The summed E-state index contributed by atoms with van der Waals surface area (Å²) in [4.78, 5) is 18.6. The first-order valence-electron chi connectivity index (χ1n) is 11.7. The van der Waals surface area contributed by atoms with E-state index in [0.717, 1.165) is 31.4 Å². The Hall–Kier alpha value is -2.44. The Labute approximate surface area is 204 Å². The van der Waals surface area contributed by atoms with Gasteiger partial charge in [-0.25, -0.2) is 4.39 Å². The van der Waals surface area contributed by atoms with Crippen molar-refractivity contribution in [2.75, 3.05) is 46.0 Å². The molecule has 1 aliphatic heterocycles. The Morgan fingerprint density at radius 2 is 2.24 bits per heavy atom. The molecule has 1 aromatic heterocycles. The van der Waals surface area contributed by atoms with Crippen LogP contribution in [-0.2, 0) is 16.0 Å². The fourth-order valence-electron chi connectivity index (χ4n) is 4.36. The van der Waals surface area contributed by atoms with Crippen LogP contribution in [0.5, 0.6) is 5.75 Å². The van der Waals surface area contributed by atoms with Crippen molar-refractivity contribution < 1.29 is 23.8 Å². The van der Waals surface area contributed by atoms with E-state index >= 15 is 0 Å². The van der Waals surface area contributed by atoms with Crippen LogP contribution in [0, 0.1) is 24.1 Å². The number of aliphatic hydroxyl groups excluding tert-OH is 1. The van der Waals surface area contributed by atoms with Crippen molar-refractivity contribution >= 4 is 17.2 Å². The Balaban J connectivity index is 1.42. The van der Waals surface area contributed by atoms with E-state index in [-0.39, 0.29) is 44.1 Å². The topological polar surface area (TPSA) is 62.2 Å². The number of carbonyl (C=O) groups is 1. The summed E-state index contributed by atoms with van der Waals surface area (Å²) in [7, 11) is 0. The molecule has 1 fully saturated rings. The van der Waals surface area contributed by atoms with E-state index in [1.165, 1.54) is 17.0 Å². The second-order valence-electron chi connectivity index (χ2n) is 8.93. The van der Waals surface area contributed by atoms with Crippen LogP contribution in [0.15, 0.2) is 35.7 Å². The standard InChI is InChI=1S/C26H31FN2O4S/c1-2-11-32-17-21(30)15-28(14-19-6-7-19)16-26(31)29-10-8-25-23(9-12-34-25)24(29)18-33-22-5-3-4-20(27)13-22/h1,3-5,9,12-13,19,21,24,30H,6-8,10-11,14-18H2/t21-,24+/m0/s1. The number of amides is 1. The Morgan fingerprint density at radius 1 is 1.38 bits per heavy atom. The minimum Gasteiger partial charge on any atom is -0.491 e. The average Bonchev–Trinajstić information content (AvgIpc) is 3.49. The number of rotatable bonds is 12. The summed E-state index contributed by atoms with van der Waals surface area (Å²) in [5.41, 5.74) is 1.09. The highest BCUT2D eigenvalue weighted by atomic mass is 32.1. The molecule has 0 bridgehead atoms. The van der Waals surface area contributed by atoms with Crippen molar-refractivity contribution in [3.8, 4) is 18.1 Å². The summed E-state index contributed by atoms with van der Waals surface area (Å²) < 4.78 is 24.8. The quantitative estimate of drug-likeness (QED) is 0.369. The van der Waals surface area contributed by atoms with Gasteiger partial charge in [0.15, 0.2) is 0 Å². The van der Waals surface area contributed by atoms with Crippen LogP contribution in [0.3, 0.4) is 0 Å². The number of hydrogen-bond acceptors (Lipinski definition) is 6. The fourth-order valence-corrected chi connectivity index (χ4v) is 5.29. The predicted molar refractivity (Wildman–Crippen MR) is 129 cm³/mol. The smallest absolute Gasteiger partial charge is 0.237 e. The van der Waals surface area contributed by atoms with Crippen molar-refractivity contribution in [2.24, 2.45) is 5.92 Å². The molecule has 1 amide bonds. The van der Waals surface area contributed by atoms with E-state index in [2.05, 4.69) is 5.92 Å². The first-order chi connectivity index (χ1) is 16.5. The van der Waals surface area contributed by atoms with Crippen LogP contribution < -0.4 is 4.74 Å². The van der Waals surface area contributed by atoms with E-state index in [4.69, 9.17) is 15.9 Å². The van der Waals surface area contributed by atoms with Gasteiger partial charge >= 0.3 is 0 Å².